The number of benzene rings is 2. The molecular weight excluding hydrogens is 349 g/mol. The average Bonchev–Trinajstić information content (AvgIpc) is 2.54. The number of carbonyl (C=O) groups excluding carboxylic acids is 1. The van der Waals surface area contributed by atoms with Crippen molar-refractivity contribution in [3.63, 3.8) is 0 Å². The van der Waals surface area contributed by atoms with E-state index >= 15 is 0 Å². The van der Waals surface area contributed by atoms with Crippen LogP contribution in [0.1, 0.15) is 30.2 Å². The van der Waals surface area contributed by atoms with E-state index < -0.39 is 12.1 Å². The molecule has 0 saturated heterocycles. The van der Waals surface area contributed by atoms with Gasteiger partial charge in [0, 0.05) is 24.1 Å². The van der Waals surface area contributed by atoms with Crippen molar-refractivity contribution in [2.75, 3.05) is 13.9 Å². The number of nitrogens with one attached hydrogen (secondary N) is 1. The van der Waals surface area contributed by atoms with Crippen LogP contribution >= 0.6 is 23.2 Å². The number of amides is 1. The van der Waals surface area contributed by atoms with Crippen LogP contribution in [-0.4, -0.2) is 19.8 Å². The zero-order valence-corrected chi connectivity index (χ0v) is 15.0. The Kier molecular flexibility index (Phi) is 7.06. The molecule has 0 aliphatic heterocycles. The van der Waals surface area contributed by atoms with Crippen LogP contribution in [0.15, 0.2) is 48.5 Å². The highest BCUT2D eigenvalue weighted by Gasteiger charge is 2.27. The molecule has 0 radical (unpaired) electrons. The number of hydrogen-bond acceptors (Lipinski definition) is 3. The number of carbonyl (C=O) groups is 1. The van der Waals surface area contributed by atoms with Gasteiger partial charge in [0.1, 0.15) is 12.9 Å². The van der Waals surface area contributed by atoms with Crippen molar-refractivity contribution < 1.29 is 14.3 Å². The lowest BCUT2D eigenvalue weighted by atomic mass is 9.95. The van der Waals surface area contributed by atoms with Crippen LogP contribution in [0, 0.1) is 0 Å². The molecule has 0 fully saturated rings. The van der Waals surface area contributed by atoms with E-state index in [0.717, 1.165) is 11.1 Å². The second-order valence-electron chi connectivity index (χ2n) is 5.28. The Balaban J connectivity index is 2.45. The van der Waals surface area contributed by atoms with Crippen molar-refractivity contribution in [1.29, 1.82) is 0 Å². The first kappa shape index (κ1) is 18.7. The summed E-state index contributed by atoms with van der Waals surface area (Å²) in [6.45, 7) is 1.54. The highest BCUT2D eigenvalue weighted by molar-refractivity contribution is 6.30. The van der Waals surface area contributed by atoms with Crippen LogP contribution in [0.2, 0.25) is 10.0 Å². The summed E-state index contributed by atoms with van der Waals surface area (Å²) in [5.74, 6) is -0.173. The number of halogens is 2. The third-order valence-corrected chi connectivity index (χ3v) is 3.88. The summed E-state index contributed by atoms with van der Waals surface area (Å²) in [5.41, 5.74) is 1.66. The summed E-state index contributed by atoms with van der Waals surface area (Å²) in [6.07, 6.45) is -0.481. The van der Waals surface area contributed by atoms with E-state index in [1.165, 1.54) is 6.92 Å². The fourth-order valence-corrected chi connectivity index (χ4v) is 2.86. The van der Waals surface area contributed by atoms with E-state index in [1.54, 1.807) is 31.4 Å². The standard InChI is InChI=1S/C18H19Cl2NO3/c1-12(22)21-17(13-5-3-7-15(19)9-13)18(24-11-23-2)14-6-4-8-16(20)10-14/h3-10,17-18H,11H2,1-2H3,(H,21,22)/t17-,18+/m1/s1. The Morgan fingerprint density at radius 2 is 1.67 bits per heavy atom. The Labute approximate surface area is 151 Å². The maximum absolute atomic E-state index is 11.7. The molecule has 4 nitrogen and oxygen atoms in total. The van der Waals surface area contributed by atoms with Gasteiger partial charge in [-0.2, -0.15) is 0 Å². The molecule has 0 heterocycles. The lowest BCUT2D eigenvalue weighted by Gasteiger charge is -2.28. The van der Waals surface area contributed by atoms with Crippen molar-refractivity contribution in [1.82, 2.24) is 5.32 Å². The van der Waals surface area contributed by atoms with Gasteiger partial charge in [0.25, 0.3) is 0 Å². The average molecular weight is 368 g/mol. The molecule has 2 rings (SSSR count). The smallest absolute Gasteiger partial charge is 0.217 e. The van der Waals surface area contributed by atoms with Crippen LogP contribution in [0.3, 0.4) is 0 Å². The molecule has 0 aromatic heterocycles. The van der Waals surface area contributed by atoms with Gasteiger partial charge in [-0.3, -0.25) is 4.79 Å². The van der Waals surface area contributed by atoms with Crippen molar-refractivity contribution in [3.05, 3.63) is 69.7 Å². The minimum atomic E-state index is -0.481. The van der Waals surface area contributed by atoms with Crippen LogP contribution in [0.5, 0.6) is 0 Å². The molecule has 6 heteroatoms. The lowest BCUT2D eigenvalue weighted by molar-refractivity contribution is -0.123. The fourth-order valence-electron chi connectivity index (χ4n) is 2.46. The first-order valence-corrected chi connectivity index (χ1v) is 8.15. The van der Waals surface area contributed by atoms with Crippen molar-refractivity contribution in [2.24, 2.45) is 0 Å². The van der Waals surface area contributed by atoms with Gasteiger partial charge in [-0.1, -0.05) is 47.5 Å². The Morgan fingerprint density at radius 1 is 1.08 bits per heavy atom. The van der Waals surface area contributed by atoms with Gasteiger partial charge in [0.05, 0.1) is 6.04 Å². The minimum absolute atomic E-state index is 0.0772. The normalized spacial score (nSPS) is 13.3. The molecule has 0 spiro atoms. The van der Waals surface area contributed by atoms with E-state index in [-0.39, 0.29) is 12.7 Å². The molecule has 2 aromatic rings. The number of rotatable bonds is 7. The van der Waals surface area contributed by atoms with Crippen molar-refractivity contribution in [3.8, 4) is 0 Å². The molecule has 2 atom stereocenters. The quantitative estimate of drug-likeness (QED) is 0.731. The van der Waals surface area contributed by atoms with E-state index in [9.17, 15) is 4.79 Å². The third-order valence-electron chi connectivity index (χ3n) is 3.41. The molecule has 0 unspecified atom stereocenters. The van der Waals surface area contributed by atoms with Crippen LogP contribution in [-0.2, 0) is 14.3 Å². The molecule has 0 aliphatic carbocycles. The van der Waals surface area contributed by atoms with E-state index in [1.807, 2.05) is 24.3 Å². The second kappa shape index (κ2) is 9.04. The van der Waals surface area contributed by atoms with Gasteiger partial charge in [0.15, 0.2) is 0 Å². The molecular formula is C18H19Cl2NO3. The summed E-state index contributed by atoms with van der Waals surface area (Å²) in [4.78, 5) is 11.7. The number of ether oxygens (including phenoxy) is 2. The highest BCUT2D eigenvalue weighted by Crippen LogP contribution is 2.34. The zero-order chi connectivity index (χ0) is 17.5. The number of methoxy groups -OCH3 is 1. The lowest BCUT2D eigenvalue weighted by Crippen LogP contribution is -2.32. The predicted molar refractivity (Wildman–Crippen MR) is 95.2 cm³/mol. The maximum Gasteiger partial charge on any atom is 0.217 e. The van der Waals surface area contributed by atoms with Gasteiger partial charge in [-0.05, 0) is 35.4 Å². The van der Waals surface area contributed by atoms with Gasteiger partial charge in [0.2, 0.25) is 5.91 Å². The Morgan fingerprint density at radius 3 is 2.21 bits per heavy atom. The molecule has 0 aliphatic rings. The highest BCUT2D eigenvalue weighted by atomic mass is 35.5. The van der Waals surface area contributed by atoms with Gasteiger partial charge in [-0.25, -0.2) is 0 Å². The summed E-state index contributed by atoms with van der Waals surface area (Å²) in [5, 5.41) is 4.10. The molecule has 24 heavy (non-hydrogen) atoms. The van der Waals surface area contributed by atoms with Crippen molar-refractivity contribution in [2.45, 2.75) is 19.1 Å². The van der Waals surface area contributed by atoms with Gasteiger partial charge >= 0.3 is 0 Å². The molecule has 1 N–H and O–H groups in total. The largest absolute Gasteiger partial charge is 0.359 e. The number of hydrogen-bond donors (Lipinski definition) is 1. The molecule has 0 bridgehead atoms. The summed E-state index contributed by atoms with van der Waals surface area (Å²) < 4.78 is 10.9. The fraction of sp³-hybridized carbons (Fsp3) is 0.278. The monoisotopic (exact) mass is 367 g/mol. The minimum Gasteiger partial charge on any atom is -0.359 e. The Bertz CT molecular complexity index is 693. The zero-order valence-electron chi connectivity index (χ0n) is 13.5. The molecule has 1 amide bonds. The summed E-state index contributed by atoms with van der Waals surface area (Å²) >= 11 is 12.2. The first-order valence-electron chi connectivity index (χ1n) is 7.40. The van der Waals surface area contributed by atoms with Crippen LogP contribution in [0.25, 0.3) is 0 Å². The topological polar surface area (TPSA) is 47.6 Å². The Hall–Kier alpha value is -1.59. The second-order valence-corrected chi connectivity index (χ2v) is 6.15. The van der Waals surface area contributed by atoms with Crippen LogP contribution < -0.4 is 5.32 Å². The van der Waals surface area contributed by atoms with Crippen LogP contribution in [0.4, 0.5) is 0 Å². The third kappa shape index (κ3) is 5.21. The molecule has 2 aromatic carbocycles. The summed E-state index contributed by atoms with van der Waals surface area (Å²) in [7, 11) is 1.54. The van der Waals surface area contributed by atoms with E-state index in [2.05, 4.69) is 5.32 Å². The van der Waals surface area contributed by atoms with E-state index in [0.29, 0.717) is 10.0 Å². The SMILES string of the molecule is COCO[C@@H](c1cccc(Cl)c1)[C@H](NC(C)=O)c1cccc(Cl)c1. The van der Waals surface area contributed by atoms with E-state index in [4.69, 9.17) is 32.7 Å². The predicted octanol–water partition coefficient (Wildman–Crippen LogP) is 4.53. The first-order chi connectivity index (χ1) is 11.5. The molecule has 128 valence electrons. The molecule has 0 saturated carbocycles. The summed E-state index contributed by atoms with van der Waals surface area (Å²) in [6, 6.07) is 14.2. The van der Waals surface area contributed by atoms with Gasteiger partial charge < -0.3 is 14.8 Å². The van der Waals surface area contributed by atoms with Crippen molar-refractivity contribution >= 4 is 29.1 Å². The van der Waals surface area contributed by atoms with Gasteiger partial charge in [-0.15, -0.1) is 0 Å². The maximum atomic E-state index is 11.7.